The highest BCUT2D eigenvalue weighted by molar-refractivity contribution is 6.61. The Kier molecular flexibility index (Phi) is 20.2. The minimum Gasteiger partial charge on any atom is -0.410 e. The molecule has 17 nitrogen and oxygen atoms in total. The number of aromatic nitrogens is 4. The SMILES string of the molecule is CCO[Si](CCCNC(=O)Oc1cc(C)c(-c2c3nc(c(-c4ccc(C#N)cc4)c4ccc([nH]4)c(-c4c(C)cc(OC(=O)NCCC[Si](OCC)(OCC)OCC)cc4C)c4ccc([nH]4)c4ccc2[nH]4)C=C3)c(C)c1)(OCC)OCC. The average molecular weight is 1130 g/mol. The first kappa shape index (κ1) is 59.7. The summed E-state index contributed by atoms with van der Waals surface area (Å²) in [4.78, 5) is 43.2. The minimum absolute atomic E-state index is 0.358. The largest absolute Gasteiger partial charge is 0.500 e. The molecule has 7 aromatic rings. The number of benzene rings is 3. The molecule has 19 heteroatoms. The molecule has 2 amide bonds. The van der Waals surface area contributed by atoms with Crippen molar-refractivity contribution in [2.45, 2.75) is 94.2 Å². The van der Waals surface area contributed by atoms with Crippen LogP contribution in [0.4, 0.5) is 9.59 Å². The van der Waals surface area contributed by atoms with Crippen LogP contribution in [0.15, 0.2) is 84.9 Å². The number of fused-ring (bicyclic) bond motifs is 9. The molecule has 81 heavy (non-hydrogen) atoms. The molecule has 0 atom stereocenters. The van der Waals surface area contributed by atoms with E-state index in [1.807, 2.05) is 130 Å². The highest BCUT2D eigenvalue weighted by Crippen LogP contribution is 2.41. The van der Waals surface area contributed by atoms with E-state index in [0.29, 0.717) is 100 Å². The van der Waals surface area contributed by atoms with Gasteiger partial charge in [-0.15, -0.1) is 0 Å². The molecule has 426 valence electrons. The Morgan fingerprint density at radius 2 is 0.827 bits per heavy atom. The first-order valence-corrected chi connectivity index (χ1v) is 31.9. The molecule has 0 saturated carbocycles. The van der Waals surface area contributed by atoms with Crippen LogP contribution in [0, 0.1) is 39.0 Å². The number of nitriles is 1. The maximum Gasteiger partial charge on any atom is 0.500 e. The van der Waals surface area contributed by atoms with Crippen molar-refractivity contribution < 1.29 is 45.6 Å². The standard InChI is InChI=1S/C62H75N7O10Si2/c1-11-72-80(73-12-2,74-13-3)33-17-31-64-61(70)78-46-35-40(7)56(41(8)36-46)59-52-25-23-48(66-52)49-24-26-53(67-49)60(55-30-28-51(69-55)58(50-27-29-54(59)68-50)45-21-19-44(39-63)20-22-45)57-42(9)37-47(38-43(57)10)79-62(71)65-32-18-34-81(75-14-4,76-15-5)77-16-6/h19-30,35-38,66-68H,11-18,31-34H2,1-10H3,(H,64,70)(H,65,71). The molecule has 0 unspecified atom stereocenters. The van der Waals surface area contributed by atoms with E-state index >= 15 is 0 Å². The van der Waals surface area contributed by atoms with Gasteiger partial charge >= 0.3 is 29.8 Å². The smallest absolute Gasteiger partial charge is 0.410 e. The molecule has 1 aliphatic rings. The summed E-state index contributed by atoms with van der Waals surface area (Å²) in [6.07, 6.45) is 4.13. The third kappa shape index (κ3) is 14.0. The number of hydrogen-bond acceptors (Lipinski definition) is 12. The van der Waals surface area contributed by atoms with Crippen molar-refractivity contribution in [3.05, 3.63) is 124 Å². The molecule has 0 radical (unpaired) electrons. The molecule has 1 aliphatic heterocycles. The van der Waals surface area contributed by atoms with Crippen LogP contribution in [-0.4, -0.2) is 102 Å². The van der Waals surface area contributed by atoms with E-state index in [1.54, 1.807) is 0 Å². The second-order valence-electron chi connectivity index (χ2n) is 19.6. The van der Waals surface area contributed by atoms with Crippen molar-refractivity contribution in [2.75, 3.05) is 52.7 Å². The van der Waals surface area contributed by atoms with Crippen LogP contribution in [0.1, 0.15) is 93.6 Å². The number of nitrogens with zero attached hydrogens (tertiary/aromatic N) is 2. The summed E-state index contributed by atoms with van der Waals surface area (Å²) in [5, 5.41) is 15.6. The van der Waals surface area contributed by atoms with Crippen LogP contribution in [0.3, 0.4) is 0 Å². The Morgan fingerprint density at radius 3 is 1.22 bits per heavy atom. The van der Waals surface area contributed by atoms with Gasteiger partial charge in [-0.05, 0) is 206 Å². The Morgan fingerprint density at radius 1 is 0.481 bits per heavy atom. The molecule has 0 saturated heterocycles. The van der Waals surface area contributed by atoms with Crippen LogP contribution in [0.25, 0.3) is 78.6 Å². The lowest BCUT2D eigenvalue weighted by Gasteiger charge is -2.28. The van der Waals surface area contributed by atoms with Crippen molar-refractivity contribution in [1.82, 2.24) is 30.6 Å². The van der Waals surface area contributed by atoms with Gasteiger partial charge < -0.3 is 61.6 Å². The van der Waals surface area contributed by atoms with Gasteiger partial charge in [-0.1, -0.05) is 12.1 Å². The van der Waals surface area contributed by atoms with Gasteiger partial charge in [0.15, 0.2) is 0 Å². The number of amides is 2. The summed E-state index contributed by atoms with van der Waals surface area (Å²) < 4.78 is 47.7. The fourth-order valence-electron chi connectivity index (χ4n) is 10.7. The first-order valence-electron chi connectivity index (χ1n) is 28.0. The third-order valence-corrected chi connectivity index (χ3v) is 20.2. The van der Waals surface area contributed by atoms with E-state index in [-0.39, 0.29) is 0 Å². The van der Waals surface area contributed by atoms with Crippen molar-refractivity contribution in [3.63, 3.8) is 0 Å². The van der Waals surface area contributed by atoms with Crippen molar-refractivity contribution in [2.24, 2.45) is 0 Å². The number of carbonyl (C=O) groups excluding carboxylic acids is 2. The summed E-state index contributed by atoms with van der Waals surface area (Å²) in [5.74, 6) is 0.823. The second-order valence-corrected chi connectivity index (χ2v) is 25.0. The van der Waals surface area contributed by atoms with E-state index in [4.69, 9.17) is 41.0 Å². The molecule has 3 aromatic carbocycles. The number of ether oxygens (including phenoxy) is 2. The van der Waals surface area contributed by atoms with Gasteiger partial charge in [-0.3, -0.25) is 0 Å². The lowest BCUT2D eigenvalue weighted by Crippen LogP contribution is -2.46. The number of nitrogens with one attached hydrogen (secondary N) is 5. The quantitative estimate of drug-likeness (QED) is 0.0267. The maximum atomic E-state index is 13.3. The van der Waals surface area contributed by atoms with Gasteiger partial charge in [0.25, 0.3) is 0 Å². The molecule has 0 aliphatic carbocycles. The lowest BCUT2D eigenvalue weighted by molar-refractivity contribution is 0.0700. The zero-order valence-electron chi connectivity index (χ0n) is 48.2. The number of aryl methyl sites for hydroxylation is 4. The van der Waals surface area contributed by atoms with Crippen LogP contribution >= 0.6 is 0 Å². The Bertz CT molecular complexity index is 3480. The van der Waals surface area contributed by atoms with Crippen molar-refractivity contribution in [1.29, 1.82) is 5.26 Å². The Hall–Kier alpha value is -7.39. The van der Waals surface area contributed by atoms with E-state index in [9.17, 15) is 14.9 Å². The van der Waals surface area contributed by atoms with E-state index < -0.39 is 29.8 Å². The fraction of sp³-hybridized carbons (Fsp3) is 0.355. The van der Waals surface area contributed by atoms with Crippen LogP contribution in [-0.2, 0) is 26.6 Å². The predicted molar refractivity (Wildman–Crippen MR) is 323 cm³/mol. The number of hydrogen-bond donors (Lipinski definition) is 5. The summed E-state index contributed by atoms with van der Waals surface area (Å²) >= 11 is 0. The van der Waals surface area contributed by atoms with Crippen molar-refractivity contribution in [3.8, 4) is 50.9 Å². The summed E-state index contributed by atoms with van der Waals surface area (Å²) in [5.41, 5.74) is 15.9. The highest BCUT2D eigenvalue weighted by Gasteiger charge is 2.40. The molecule has 0 fully saturated rings. The van der Waals surface area contributed by atoms with Gasteiger partial charge in [0.2, 0.25) is 0 Å². The molecule has 5 N–H and O–H groups in total. The molecule has 8 bridgehead atoms. The van der Waals surface area contributed by atoms with E-state index in [1.165, 1.54) is 0 Å². The number of carbonyl (C=O) groups is 2. The Balaban J connectivity index is 1.17. The average Bonchev–Trinajstić information content (AvgIpc) is 4.35. The van der Waals surface area contributed by atoms with Gasteiger partial charge in [0.1, 0.15) is 11.5 Å². The van der Waals surface area contributed by atoms with Crippen molar-refractivity contribution >= 4 is 75.0 Å². The zero-order chi connectivity index (χ0) is 57.7. The second kappa shape index (κ2) is 27.4. The number of aromatic amines is 3. The number of H-pyrrole nitrogens is 3. The monoisotopic (exact) mass is 1130 g/mol. The molecular weight excluding hydrogens is 1060 g/mol. The highest BCUT2D eigenvalue weighted by atomic mass is 28.4. The predicted octanol–water partition coefficient (Wildman–Crippen LogP) is 13.9. The molecule has 4 aromatic heterocycles. The van der Waals surface area contributed by atoms with E-state index in [2.05, 4.69) is 68.1 Å². The maximum absolute atomic E-state index is 13.3. The van der Waals surface area contributed by atoms with Gasteiger partial charge in [-0.2, -0.15) is 5.26 Å². The van der Waals surface area contributed by atoms with Gasteiger partial charge in [0.05, 0.1) is 34.1 Å². The first-order chi connectivity index (χ1) is 39.2. The molecule has 8 rings (SSSR count). The topological polar surface area (TPSA) is 216 Å². The normalized spacial score (nSPS) is 12.0. The summed E-state index contributed by atoms with van der Waals surface area (Å²) in [6.45, 7) is 23.2. The molecule has 5 heterocycles. The van der Waals surface area contributed by atoms with Crippen LogP contribution < -0.4 is 20.1 Å². The van der Waals surface area contributed by atoms with Crippen LogP contribution in [0.5, 0.6) is 11.5 Å². The van der Waals surface area contributed by atoms with Gasteiger partial charge in [0, 0.05) is 104 Å². The fourth-order valence-corrected chi connectivity index (χ4v) is 15.9. The molecule has 0 spiro atoms. The van der Waals surface area contributed by atoms with Crippen LogP contribution in [0.2, 0.25) is 12.1 Å². The zero-order valence-corrected chi connectivity index (χ0v) is 50.2. The summed E-state index contributed by atoms with van der Waals surface area (Å²) in [6, 6.07) is 30.8. The van der Waals surface area contributed by atoms with E-state index in [0.717, 1.165) is 94.4 Å². The molecular formula is C62H75N7O10Si2. The lowest BCUT2D eigenvalue weighted by atomic mass is 9.94. The summed E-state index contributed by atoms with van der Waals surface area (Å²) in [7, 11) is -5.71. The Labute approximate surface area is 476 Å². The van der Waals surface area contributed by atoms with Gasteiger partial charge in [-0.25, -0.2) is 14.6 Å². The minimum atomic E-state index is -2.86. The number of rotatable bonds is 25. The third-order valence-electron chi connectivity index (χ3n) is 13.9.